The van der Waals surface area contributed by atoms with Crippen LogP contribution in [0.2, 0.25) is 0 Å². The van der Waals surface area contributed by atoms with Crippen LogP contribution < -0.4 is 5.73 Å². The van der Waals surface area contributed by atoms with Gasteiger partial charge in [0.05, 0.1) is 11.4 Å². The largest absolute Gasteiger partial charge is 0.399 e. The number of benzene rings is 1. The number of imidazole rings is 1. The fourth-order valence-electron chi connectivity index (χ4n) is 1.75. The number of hydrogen-bond acceptors (Lipinski definition) is 2. The molecule has 2 N–H and O–H groups in total. The molecule has 3 heteroatoms. The number of nitrogens with two attached hydrogens (primary N) is 1. The summed E-state index contributed by atoms with van der Waals surface area (Å²) < 4.78 is 2.07. The number of rotatable bonds is 1. The number of hydrogen-bond donors (Lipinski definition) is 1. The van der Waals surface area contributed by atoms with Crippen LogP contribution in [-0.4, -0.2) is 9.55 Å². The average Bonchev–Trinajstić information content (AvgIpc) is 2.50. The second kappa shape index (κ2) is 3.42. The van der Waals surface area contributed by atoms with Gasteiger partial charge in [-0.1, -0.05) is 6.07 Å². The summed E-state index contributed by atoms with van der Waals surface area (Å²) >= 11 is 0. The first-order chi connectivity index (χ1) is 7.08. The molecular weight excluding hydrogens is 186 g/mol. The van der Waals surface area contributed by atoms with Gasteiger partial charge in [-0.2, -0.15) is 0 Å². The molecule has 0 saturated carbocycles. The van der Waals surface area contributed by atoms with Crippen LogP contribution in [0.25, 0.3) is 5.69 Å². The number of nitrogens with zero attached hydrogens (tertiary/aromatic N) is 2. The SMILES string of the molecule is Cc1cn(-c2cc(N)ccc2C)c(C)n1. The summed E-state index contributed by atoms with van der Waals surface area (Å²) in [7, 11) is 0. The highest BCUT2D eigenvalue weighted by Gasteiger charge is 2.06. The van der Waals surface area contributed by atoms with Crippen LogP contribution in [0.1, 0.15) is 17.1 Å². The van der Waals surface area contributed by atoms with E-state index in [1.54, 1.807) is 0 Å². The Morgan fingerprint density at radius 3 is 2.53 bits per heavy atom. The molecule has 15 heavy (non-hydrogen) atoms. The van der Waals surface area contributed by atoms with Crippen molar-refractivity contribution in [1.82, 2.24) is 9.55 Å². The van der Waals surface area contributed by atoms with Crippen LogP contribution in [0.15, 0.2) is 24.4 Å². The Labute approximate surface area is 89.6 Å². The summed E-state index contributed by atoms with van der Waals surface area (Å²) in [6, 6.07) is 5.92. The Hall–Kier alpha value is -1.77. The molecule has 0 radical (unpaired) electrons. The van der Waals surface area contributed by atoms with Gasteiger partial charge in [0.2, 0.25) is 0 Å². The van der Waals surface area contributed by atoms with Crippen LogP contribution in [0.4, 0.5) is 5.69 Å². The minimum absolute atomic E-state index is 0.779. The number of aryl methyl sites for hydroxylation is 3. The molecule has 0 atom stereocenters. The predicted octanol–water partition coefficient (Wildman–Crippen LogP) is 2.38. The van der Waals surface area contributed by atoms with Gasteiger partial charge in [0.25, 0.3) is 0 Å². The molecule has 0 bridgehead atoms. The Balaban J connectivity index is 2.62. The highest BCUT2D eigenvalue weighted by atomic mass is 15.1. The third kappa shape index (κ3) is 1.73. The van der Waals surface area contributed by atoms with Crippen molar-refractivity contribution in [2.24, 2.45) is 0 Å². The first kappa shape index (κ1) is 9.77. The Morgan fingerprint density at radius 1 is 1.20 bits per heavy atom. The van der Waals surface area contributed by atoms with Crippen molar-refractivity contribution in [3.8, 4) is 5.69 Å². The number of nitrogen functional groups attached to an aromatic ring is 1. The zero-order valence-electron chi connectivity index (χ0n) is 9.28. The Bertz CT molecular complexity index is 498. The topological polar surface area (TPSA) is 43.8 Å². The predicted molar refractivity (Wildman–Crippen MR) is 62.2 cm³/mol. The maximum atomic E-state index is 5.79. The first-order valence-corrected chi connectivity index (χ1v) is 4.97. The summed E-state index contributed by atoms with van der Waals surface area (Å²) in [5.41, 5.74) is 9.89. The lowest BCUT2D eigenvalue weighted by atomic mass is 10.2. The monoisotopic (exact) mass is 201 g/mol. The molecule has 0 unspecified atom stereocenters. The minimum Gasteiger partial charge on any atom is -0.399 e. The summed E-state index contributed by atoms with van der Waals surface area (Å²) in [6.07, 6.45) is 2.02. The van der Waals surface area contributed by atoms with E-state index in [2.05, 4.69) is 16.5 Å². The molecule has 0 aliphatic rings. The second-order valence-electron chi connectivity index (χ2n) is 3.85. The summed E-state index contributed by atoms with van der Waals surface area (Å²) in [5, 5.41) is 0. The minimum atomic E-state index is 0.779. The first-order valence-electron chi connectivity index (χ1n) is 4.97. The normalized spacial score (nSPS) is 10.6. The highest BCUT2D eigenvalue weighted by molar-refractivity contribution is 5.52. The van der Waals surface area contributed by atoms with Gasteiger partial charge in [0.15, 0.2) is 0 Å². The van der Waals surface area contributed by atoms with E-state index >= 15 is 0 Å². The van der Waals surface area contributed by atoms with Crippen molar-refractivity contribution < 1.29 is 0 Å². The van der Waals surface area contributed by atoms with Crippen molar-refractivity contribution in [3.63, 3.8) is 0 Å². The second-order valence-corrected chi connectivity index (χ2v) is 3.85. The van der Waals surface area contributed by atoms with E-state index in [1.807, 2.05) is 38.2 Å². The molecule has 0 amide bonds. The molecule has 0 spiro atoms. The molecule has 0 saturated heterocycles. The quantitative estimate of drug-likeness (QED) is 0.720. The van der Waals surface area contributed by atoms with Crippen molar-refractivity contribution in [2.45, 2.75) is 20.8 Å². The van der Waals surface area contributed by atoms with Crippen molar-refractivity contribution in [2.75, 3.05) is 5.73 Å². The van der Waals surface area contributed by atoms with Gasteiger partial charge in [-0.25, -0.2) is 4.98 Å². The van der Waals surface area contributed by atoms with Crippen LogP contribution in [0.3, 0.4) is 0 Å². The lowest BCUT2D eigenvalue weighted by molar-refractivity contribution is 0.965. The third-order valence-electron chi connectivity index (χ3n) is 2.50. The highest BCUT2D eigenvalue weighted by Crippen LogP contribution is 2.19. The van der Waals surface area contributed by atoms with Crippen molar-refractivity contribution >= 4 is 5.69 Å². The summed E-state index contributed by atoms with van der Waals surface area (Å²) in [6.45, 7) is 6.06. The van der Waals surface area contributed by atoms with E-state index in [-0.39, 0.29) is 0 Å². The van der Waals surface area contributed by atoms with E-state index in [1.165, 1.54) is 5.56 Å². The van der Waals surface area contributed by atoms with E-state index in [4.69, 9.17) is 5.73 Å². The maximum absolute atomic E-state index is 5.79. The van der Waals surface area contributed by atoms with Gasteiger partial charge in [-0.15, -0.1) is 0 Å². The van der Waals surface area contributed by atoms with Gasteiger partial charge in [0.1, 0.15) is 5.82 Å². The van der Waals surface area contributed by atoms with Crippen LogP contribution in [-0.2, 0) is 0 Å². The fraction of sp³-hybridized carbons (Fsp3) is 0.250. The molecule has 1 aromatic heterocycles. The molecule has 78 valence electrons. The molecule has 3 nitrogen and oxygen atoms in total. The molecule has 1 heterocycles. The zero-order valence-corrected chi connectivity index (χ0v) is 9.28. The fourth-order valence-corrected chi connectivity index (χ4v) is 1.75. The van der Waals surface area contributed by atoms with Gasteiger partial charge in [-0.3, -0.25) is 0 Å². The summed E-state index contributed by atoms with van der Waals surface area (Å²) in [4.78, 5) is 4.38. The standard InChI is InChI=1S/C12H15N3/c1-8-4-5-11(13)6-12(8)15-7-9(2)14-10(15)3/h4-7H,13H2,1-3H3. The van der Waals surface area contributed by atoms with E-state index < -0.39 is 0 Å². The number of aromatic nitrogens is 2. The van der Waals surface area contributed by atoms with Crippen LogP contribution in [0.5, 0.6) is 0 Å². The summed E-state index contributed by atoms with van der Waals surface area (Å²) in [5.74, 6) is 0.987. The molecular formula is C12H15N3. The van der Waals surface area contributed by atoms with Crippen molar-refractivity contribution in [3.05, 3.63) is 41.5 Å². The Morgan fingerprint density at radius 2 is 1.93 bits per heavy atom. The average molecular weight is 201 g/mol. The smallest absolute Gasteiger partial charge is 0.110 e. The van der Waals surface area contributed by atoms with Gasteiger partial charge in [0, 0.05) is 11.9 Å². The lowest BCUT2D eigenvalue weighted by Crippen LogP contribution is -1.99. The van der Waals surface area contributed by atoms with Gasteiger partial charge in [-0.05, 0) is 38.5 Å². The van der Waals surface area contributed by atoms with Gasteiger partial charge < -0.3 is 10.3 Å². The maximum Gasteiger partial charge on any atom is 0.110 e. The third-order valence-corrected chi connectivity index (χ3v) is 2.50. The number of anilines is 1. The van der Waals surface area contributed by atoms with E-state index in [0.717, 1.165) is 22.9 Å². The molecule has 2 rings (SSSR count). The molecule has 2 aromatic rings. The van der Waals surface area contributed by atoms with E-state index in [0.29, 0.717) is 0 Å². The zero-order chi connectivity index (χ0) is 11.0. The molecule has 0 fully saturated rings. The van der Waals surface area contributed by atoms with Crippen LogP contribution >= 0.6 is 0 Å². The van der Waals surface area contributed by atoms with Gasteiger partial charge >= 0.3 is 0 Å². The van der Waals surface area contributed by atoms with Crippen LogP contribution in [0, 0.1) is 20.8 Å². The molecule has 0 aliphatic heterocycles. The lowest BCUT2D eigenvalue weighted by Gasteiger charge is -2.09. The van der Waals surface area contributed by atoms with E-state index in [9.17, 15) is 0 Å². The Kier molecular flexibility index (Phi) is 2.23. The molecule has 1 aromatic carbocycles. The molecule has 0 aliphatic carbocycles. The van der Waals surface area contributed by atoms with Crippen molar-refractivity contribution in [1.29, 1.82) is 0 Å².